The molecule has 0 unspecified atom stereocenters. The maximum absolute atomic E-state index is 12.4. The van der Waals surface area contributed by atoms with Crippen LogP contribution in [0.4, 0.5) is 11.4 Å². The van der Waals surface area contributed by atoms with Crippen LogP contribution in [0.25, 0.3) is 0 Å². The third-order valence-corrected chi connectivity index (χ3v) is 4.95. The van der Waals surface area contributed by atoms with E-state index >= 15 is 0 Å². The van der Waals surface area contributed by atoms with E-state index < -0.39 is 24.4 Å². The third-order valence-electron chi connectivity index (χ3n) is 4.95. The van der Waals surface area contributed by atoms with Crippen molar-refractivity contribution in [2.75, 3.05) is 23.4 Å². The van der Waals surface area contributed by atoms with Gasteiger partial charge in [-0.2, -0.15) is 5.26 Å². The van der Waals surface area contributed by atoms with Gasteiger partial charge in [0.1, 0.15) is 0 Å². The molecule has 1 heterocycles. The molecule has 7 heteroatoms. The Morgan fingerprint density at radius 1 is 1.24 bits per heavy atom. The highest BCUT2D eigenvalue weighted by atomic mass is 16.5. The van der Waals surface area contributed by atoms with Crippen LogP contribution in [0.15, 0.2) is 42.5 Å². The molecule has 0 aliphatic carbocycles. The predicted molar refractivity (Wildman–Crippen MR) is 107 cm³/mol. The molecule has 1 saturated heterocycles. The molecule has 148 valence electrons. The Morgan fingerprint density at radius 3 is 2.76 bits per heavy atom. The van der Waals surface area contributed by atoms with Crippen LogP contribution in [0.5, 0.6) is 0 Å². The Hall–Kier alpha value is -3.66. The van der Waals surface area contributed by atoms with Crippen LogP contribution in [0.2, 0.25) is 0 Å². The number of hydrogen-bond donors (Lipinski definition) is 1. The van der Waals surface area contributed by atoms with Crippen molar-refractivity contribution >= 4 is 29.2 Å². The molecule has 2 aromatic carbocycles. The molecule has 1 aliphatic rings. The summed E-state index contributed by atoms with van der Waals surface area (Å²) in [5.41, 5.74) is 3.71. The minimum absolute atomic E-state index is 0.0536. The first-order chi connectivity index (χ1) is 13.9. The van der Waals surface area contributed by atoms with Crippen LogP contribution in [0.1, 0.15) is 23.1 Å². The molecular formula is C22H21N3O4. The molecule has 1 N–H and O–H groups in total. The van der Waals surface area contributed by atoms with E-state index in [9.17, 15) is 14.4 Å². The highest BCUT2D eigenvalue weighted by Crippen LogP contribution is 2.29. The summed E-state index contributed by atoms with van der Waals surface area (Å²) in [5.74, 6) is -1.84. The van der Waals surface area contributed by atoms with Crippen LogP contribution in [0.3, 0.4) is 0 Å². The number of benzene rings is 2. The van der Waals surface area contributed by atoms with Gasteiger partial charge in [0.2, 0.25) is 5.91 Å². The largest absolute Gasteiger partial charge is 0.455 e. The predicted octanol–water partition coefficient (Wildman–Crippen LogP) is 2.71. The van der Waals surface area contributed by atoms with Gasteiger partial charge in [0.25, 0.3) is 5.91 Å². The number of esters is 1. The lowest BCUT2D eigenvalue weighted by atomic mass is 10.1. The summed E-state index contributed by atoms with van der Waals surface area (Å²) in [5, 5.41) is 11.5. The first-order valence-electron chi connectivity index (χ1n) is 9.22. The Kier molecular flexibility index (Phi) is 5.93. The van der Waals surface area contributed by atoms with Crippen LogP contribution >= 0.6 is 0 Å². The monoisotopic (exact) mass is 391 g/mol. The molecule has 2 aromatic rings. The summed E-state index contributed by atoms with van der Waals surface area (Å²) in [6.45, 7) is 3.68. The molecule has 0 spiro atoms. The number of nitrogens with zero attached hydrogens (tertiary/aromatic N) is 2. The summed E-state index contributed by atoms with van der Waals surface area (Å²) < 4.78 is 5.11. The van der Waals surface area contributed by atoms with Gasteiger partial charge in [-0.1, -0.05) is 18.2 Å². The van der Waals surface area contributed by atoms with Crippen molar-refractivity contribution < 1.29 is 19.1 Å². The van der Waals surface area contributed by atoms with E-state index in [4.69, 9.17) is 10.00 Å². The standard InChI is InChI=1S/C22H21N3O4/c1-14-5-3-8-19(15(14)2)25-12-17(10-21(25)27)22(28)29-13-20(26)24-18-7-4-6-16(9-18)11-23/h3-9,17H,10,12-13H2,1-2H3,(H,24,26)/t17-/m0/s1. The van der Waals surface area contributed by atoms with Crippen molar-refractivity contribution in [3.8, 4) is 6.07 Å². The number of nitriles is 1. The smallest absolute Gasteiger partial charge is 0.311 e. The van der Waals surface area contributed by atoms with Gasteiger partial charge in [-0.05, 0) is 49.2 Å². The molecule has 29 heavy (non-hydrogen) atoms. The lowest BCUT2D eigenvalue weighted by Crippen LogP contribution is -2.28. The van der Waals surface area contributed by atoms with E-state index in [0.717, 1.165) is 16.8 Å². The topological polar surface area (TPSA) is 99.5 Å². The summed E-state index contributed by atoms with van der Waals surface area (Å²) in [4.78, 5) is 38.4. The first-order valence-corrected chi connectivity index (χ1v) is 9.22. The molecule has 0 radical (unpaired) electrons. The van der Waals surface area contributed by atoms with Crippen molar-refractivity contribution in [2.24, 2.45) is 5.92 Å². The van der Waals surface area contributed by atoms with Gasteiger partial charge in [-0.15, -0.1) is 0 Å². The summed E-state index contributed by atoms with van der Waals surface area (Å²) in [7, 11) is 0. The van der Waals surface area contributed by atoms with Crippen LogP contribution in [-0.2, 0) is 19.1 Å². The fraction of sp³-hybridized carbons (Fsp3) is 0.273. The van der Waals surface area contributed by atoms with Crippen LogP contribution in [-0.4, -0.2) is 30.9 Å². The molecule has 1 aliphatic heterocycles. The van der Waals surface area contributed by atoms with E-state index in [0.29, 0.717) is 11.3 Å². The van der Waals surface area contributed by atoms with Crippen LogP contribution < -0.4 is 10.2 Å². The van der Waals surface area contributed by atoms with Crippen molar-refractivity contribution in [3.63, 3.8) is 0 Å². The average Bonchev–Trinajstić information content (AvgIpc) is 3.10. The number of hydrogen-bond acceptors (Lipinski definition) is 5. The number of amides is 2. The lowest BCUT2D eigenvalue weighted by molar-refractivity contribution is -0.151. The van der Waals surface area contributed by atoms with E-state index in [1.165, 1.54) is 6.07 Å². The van der Waals surface area contributed by atoms with Crippen molar-refractivity contribution in [1.82, 2.24) is 0 Å². The molecule has 2 amide bonds. The van der Waals surface area contributed by atoms with E-state index in [-0.39, 0.29) is 18.9 Å². The molecule has 3 rings (SSSR count). The fourth-order valence-corrected chi connectivity index (χ4v) is 3.24. The van der Waals surface area contributed by atoms with Gasteiger partial charge in [-0.25, -0.2) is 0 Å². The van der Waals surface area contributed by atoms with Crippen molar-refractivity contribution in [3.05, 3.63) is 59.2 Å². The summed E-state index contributed by atoms with van der Waals surface area (Å²) in [6, 6.07) is 14.1. The molecular weight excluding hydrogens is 370 g/mol. The summed E-state index contributed by atoms with van der Waals surface area (Å²) >= 11 is 0. The zero-order valence-electron chi connectivity index (χ0n) is 16.3. The number of aryl methyl sites for hydroxylation is 1. The Morgan fingerprint density at radius 2 is 2.00 bits per heavy atom. The Bertz CT molecular complexity index is 1010. The SMILES string of the molecule is Cc1cccc(N2C[C@@H](C(=O)OCC(=O)Nc3cccc(C#N)c3)CC2=O)c1C. The second-order valence-corrected chi connectivity index (χ2v) is 6.97. The summed E-state index contributed by atoms with van der Waals surface area (Å²) in [6.07, 6.45) is 0.0536. The minimum Gasteiger partial charge on any atom is -0.455 e. The maximum Gasteiger partial charge on any atom is 0.311 e. The highest BCUT2D eigenvalue weighted by Gasteiger charge is 2.37. The number of rotatable bonds is 5. The molecule has 1 atom stereocenters. The van der Waals surface area contributed by atoms with E-state index in [1.54, 1.807) is 23.1 Å². The number of carbonyl (C=O) groups excluding carboxylic acids is 3. The zero-order chi connectivity index (χ0) is 21.0. The normalized spacial score (nSPS) is 15.7. The Balaban J connectivity index is 1.56. The van der Waals surface area contributed by atoms with Gasteiger partial charge in [-0.3, -0.25) is 14.4 Å². The highest BCUT2D eigenvalue weighted by molar-refractivity contribution is 6.00. The van der Waals surface area contributed by atoms with Gasteiger partial charge < -0.3 is 15.0 Å². The fourth-order valence-electron chi connectivity index (χ4n) is 3.24. The Labute approximate surface area is 168 Å². The number of nitrogens with one attached hydrogen (secondary N) is 1. The second kappa shape index (κ2) is 8.57. The minimum atomic E-state index is -0.614. The number of carbonyl (C=O) groups is 3. The zero-order valence-corrected chi connectivity index (χ0v) is 16.3. The maximum atomic E-state index is 12.4. The molecule has 0 aromatic heterocycles. The number of anilines is 2. The number of ether oxygens (including phenoxy) is 1. The second-order valence-electron chi connectivity index (χ2n) is 6.97. The molecule has 0 bridgehead atoms. The average molecular weight is 391 g/mol. The van der Waals surface area contributed by atoms with E-state index in [1.807, 2.05) is 38.1 Å². The van der Waals surface area contributed by atoms with Crippen molar-refractivity contribution in [1.29, 1.82) is 5.26 Å². The quantitative estimate of drug-likeness (QED) is 0.790. The van der Waals surface area contributed by atoms with Crippen LogP contribution in [0, 0.1) is 31.1 Å². The molecule has 7 nitrogen and oxygen atoms in total. The molecule has 0 saturated carbocycles. The van der Waals surface area contributed by atoms with Gasteiger partial charge in [0.05, 0.1) is 17.6 Å². The first kappa shape index (κ1) is 20.1. The van der Waals surface area contributed by atoms with Gasteiger partial charge >= 0.3 is 5.97 Å². The van der Waals surface area contributed by atoms with Gasteiger partial charge in [0.15, 0.2) is 6.61 Å². The third kappa shape index (κ3) is 4.61. The lowest BCUT2D eigenvalue weighted by Gasteiger charge is -2.20. The molecule has 1 fully saturated rings. The van der Waals surface area contributed by atoms with E-state index in [2.05, 4.69) is 5.32 Å². The van der Waals surface area contributed by atoms with Crippen molar-refractivity contribution in [2.45, 2.75) is 20.3 Å². The van der Waals surface area contributed by atoms with Gasteiger partial charge in [0, 0.05) is 24.3 Å².